The summed E-state index contributed by atoms with van der Waals surface area (Å²) in [5.74, 6) is 2.41. The summed E-state index contributed by atoms with van der Waals surface area (Å²) < 4.78 is 13.3. The third-order valence-corrected chi connectivity index (χ3v) is 6.24. The molecular formula is C27H33N3O3. The lowest BCUT2D eigenvalue weighted by Crippen LogP contribution is -2.25. The standard InChI is InChI=1S/C27H33N3O3/c1-4-19(3)33-24-16-15-20(17-25(24)32-5-2)18-28-30-26(21-11-7-6-8-12-21)29-23-14-10-9-13-22(23)27(30)31/h9-10,13-19,21H,4-8,11-12H2,1-3H3/t19-/m1/s1. The molecule has 0 bridgehead atoms. The molecule has 0 spiro atoms. The molecule has 1 aliphatic carbocycles. The first-order valence-electron chi connectivity index (χ1n) is 12.1. The van der Waals surface area contributed by atoms with Crippen LogP contribution < -0.4 is 15.0 Å². The molecule has 3 aromatic rings. The molecule has 0 aliphatic heterocycles. The summed E-state index contributed by atoms with van der Waals surface area (Å²) in [7, 11) is 0. The predicted molar refractivity (Wildman–Crippen MR) is 133 cm³/mol. The Morgan fingerprint density at radius 1 is 1.12 bits per heavy atom. The maximum absolute atomic E-state index is 13.4. The van der Waals surface area contributed by atoms with E-state index in [0.29, 0.717) is 17.7 Å². The zero-order valence-electron chi connectivity index (χ0n) is 19.8. The van der Waals surface area contributed by atoms with Gasteiger partial charge in [-0.3, -0.25) is 4.79 Å². The maximum Gasteiger partial charge on any atom is 0.282 e. The summed E-state index contributed by atoms with van der Waals surface area (Å²) >= 11 is 0. The van der Waals surface area contributed by atoms with Crippen molar-refractivity contribution >= 4 is 17.1 Å². The number of fused-ring (bicyclic) bond motifs is 1. The lowest BCUT2D eigenvalue weighted by molar-refractivity contribution is 0.203. The fourth-order valence-corrected chi connectivity index (χ4v) is 4.27. The minimum absolute atomic E-state index is 0.101. The van der Waals surface area contributed by atoms with Crippen molar-refractivity contribution in [1.82, 2.24) is 9.66 Å². The lowest BCUT2D eigenvalue weighted by atomic mass is 9.88. The number of hydrogen-bond donors (Lipinski definition) is 0. The Balaban J connectivity index is 1.73. The number of rotatable bonds is 8. The summed E-state index contributed by atoms with van der Waals surface area (Å²) in [5.41, 5.74) is 1.45. The molecule has 6 nitrogen and oxygen atoms in total. The van der Waals surface area contributed by atoms with Gasteiger partial charge in [0.05, 0.1) is 29.8 Å². The van der Waals surface area contributed by atoms with Crippen LogP contribution in [0, 0.1) is 0 Å². The van der Waals surface area contributed by atoms with Gasteiger partial charge < -0.3 is 9.47 Å². The second-order valence-corrected chi connectivity index (χ2v) is 8.66. The number of nitrogens with zero attached hydrogens (tertiary/aromatic N) is 3. The molecule has 0 amide bonds. The highest BCUT2D eigenvalue weighted by Gasteiger charge is 2.22. The van der Waals surface area contributed by atoms with Crippen molar-refractivity contribution in [3.8, 4) is 11.5 Å². The van der Waals surface area contributed by atoms with E-state index in [1.165, 1.54) is 11.1 Å². The third kappa shape index (κ3) is 5.27. The van der Waals surface area contributed by atoms with Crippen LogP contribution in [0.15, 0.2) is 52.4 Å². The normalized spacial score (nSPS) is 15.7. The van der Waals surface area contributed by atoms with E-state index < -0.39 is 0 Å². The van der Waals surface area contributed by atoms with E-state index in [9.17, 15) is 4.79 Å². The van der Waals surface area contributed by atoms with Crippen LogP contribution >= 0.6 is 0 Å². The summed E-state index contributed by atoms with van der Waals surface area (Å²) in [4.78, 5) is 18.2. The van der Waals surface area contributed by atoms with Crippen molar-refractivity contribution in [3.05, 3.63) is 64.2 Å². The van der Waals surface area contributed by atoms with Crippen LogP contribution in [-0.2, 0) is 0 Å². The summed E-state index contributed by atoms with van der Waals surface area (Å²) in [5, 5.41) is 5.21. The molecule has 1 heterocycles. The summed E-state index contributed by atoms with van der Waals surface area (Å²) in [6.07, 6.45) is 8.36. The van der Waals surface area contributed by atoms with Crippen LogP contribution in [-0.4, -0.2) is 28.6 Å². The first kappa shape index (κ1) is 23.0. The van der Waals surface area contributed by atoms with E-state index >= 15 is 0 Å². The lowest BCUT2D eigenvalue weighted by Gasteiger charge is -2.22. The molecule has 174 valence electrons. The Bertz CT molecular complexity index is 1180. The molecule has 2 aromatic carbocycles. The van der Waals surface area contributed by atoms with Crippen molar-refractivity contribution in [2.45, 2.75) is 71.3 Å². The molecule has 6 heteroatoms. The monoisotopic (exact) mass is 447 g/mol. The Kier molecular flexibility index (Phi) is 7.43. The smallest absolute Gasteiger partial charge is 0.282 e. The van der Waals surface area contributed by atoms with Crippen molar-refractivity contribution < 1.29 is 9.47 Å². The Labute approximate surface area is 195 Å². The molecule has 33 heavy (non-hydrogen) atoms. The minimum atomic E-state index is -0.126. The number of hydrogen-bond acceptors (Lipinski definition) is 5. The third-order valence-electron chi connectivity index (χ3n) is 6.24. The van der Waals surface area contributed by atoms with E-state index in [-0.39, 0.29) is 17.6 Å². The molecule has 4 rings (SSSR count). The molecule has 0 radical (unpaired) electrons. The first-order chi connectivity index (χ1) is 16.1. The van der Waals surface area contributed by atoms with Gasteiger partial charge in [0.25, 0.3) is 5.56 Å². The summed E-state index contributed by atoms with van der Waals surface area (Å²) in [6, 6.07) is 13.3. The molecule has 1 atom stereocenters. The molecule has 0 saturated heterocycles. The van der Waals surface area contributed by atoms with Crippen LogP contribution in [0.2, 0.25) is 0 Å². The number of benzene rings is 2. The topological polar surface area (TPSA) is 65.7 Å². The Hall–Kier alpha value is -3.15. The largest absolute Gasteiger partial charge is 0.490 e. The van der Waals surface area contributed by atoms with Gasteiger partial charge >= 0.3 is 0 Å². The number of ether oxygens (including phenoxy) is 2. The van der Waals surface area contributed by atoms with Crippen molar-refractivity contribution in [2.75, 3.05) is 6.61 Å². The zero-order chi connectivity index (χ0) is 23.2. The number of aromatic nitrogens is 2. The predicted octanol–water partition coefficient (Wildman–Crippen LogP) is 5.90. The van der Waals surface area contributed by atoms with E-state index in [1.54, 1.807) is 6.21 Å². The second-order valence-electron chi connectivity index (χ2n) is 8.66. The molecule has 1 aromatic heterocycles. The second kappa shape index (κ2) is 10.6. The van der Waals surface area contributed by atoms with Gasteiger partial charge in [0.15, 0.2) is 11.5 Å². The summed E-state index contributed by atoms with van der Waals surface area (Å²) in [6.45, 7) is 6.62. The zero-order valence-corrected chi connectivity index (χ0v) is 19.8. The Morgan fingerprint density at radius 2 is 1.91 bits per heavy atom. The molecule has 0 N–H and O–H groups in total. The molecule has 1 aliphatic rings. The quantitative estimate of drug-likeness (QED) is 0.403. The molecule has 0 unspecified atom stereocenters. The molecule has 1 fully saturated rings. The molecular weight excluding hydrogens is 414 g/mol. The van der Waals surface area contributed by atoms with Crippen LogP contribution in [0.1, 0.15) is 76.6 Å². The highest BCUT2D eigenvalue weighted by atomic mass is 16.5. The van der Waals surface area contributed by atoms with Crippen LogP contribution in [0.3, 0.4) is 0 Å². The fraction of sp³-hybridized carbons (Fsp3) is 0.444. The maximum atomic E-state index is 13.4. The van der Waals surface area contributed by atoms with Gasteiger partial charge in [-0.15, -0.1) is 0 Å². The van der Waals surface area contributed by atoms with Crippen molar-refractivity contribution in [3.63, 3.8) is 0 Å². The van der Waals surface area contributed by atoms with Crippen LogP contribution in [0.4, 0.5) is 0 Å². The van der Waals surface area contributed by atoms with Gasteiger partial charge in [-0.2, -0.15) is 9.78 Å². The average Bonchev–Trinajstić information content (AvgIpc) is 2.85. The number of para-hydroxylation sites is 1. The van der Waals surface area contributed by atoms with Crippen LogP contribution in [0.5, 0.6) is 11.5 Å². The van der Waals surface area contributed by atoms with Crippen molar-refractivity contribution in [2.24, 2.45) is 5.10 Å². The average molecular weight is 448 g/mol. The van der Waals surface area contributed by atoms with E-state index in [2.05, 4.69) is 12.0 Å². The van der Waals surface area contributed by atoms with E-state index in [0.717, 1.165) is 54.8 Å². The highest BCUT2D eigenvalue weighted by Crippen LogP contribution is 2.32. The van der Waals surface area contributed by atoms with Gasteiger partial charge in [-0.1, -0.05) is 38.3 Å². The van der Waals surface area contributed by atoms with Gasteiger partial charge in [-0.05, 0) is 69.0 Å². The van der Waals surface area contributed by atoms with Gasteiger partial charge in [0.2, 0.25) is 0 Å². The Morgan fingerprint density at radius 3 is 2.67 bits per heavy atom. The van der Waals surface area contributed by atoms with Gasteiger partial charge in [0, 0.05) is 5.92 Å². The first-order valence-corrected chi connectivity index (χ1v) is 12.1. The van der Waals surface area contributed by atoms with Crippen LogP contribution in [0.25, 0.3) is 10.9 Å². The van der Waals surface area contributed by atoms with E-state index in [4.69, 9.17) is 14.5 Å². The fourth-order valence-electron chi connectivity index (χ4n) is 4.27. The minimum Gasteiger partial charge on any atom is -0.490 e. The van der Waals surface area contributed by atoms with Gasteiger partial charge in [-0.25, -0.2) is 4.98 Å². The molecule has 1 saturated carbocycles. The SMILES string of the molecule is CCOc1cc(C=Nn2c(C3CCCCC3)nc3ccccc3c2=O)ccc1O[C@H](C)CC. The van der Waals surface area contributed by atoms with E-state index in [1.807, 2.05) is 56.3 Å². The van der Waals surface area contributed by atoms with Gasteiger partial charge in [0.1, 0.15) is 5.82 Å². The van der Waals surface area contributed by atoms with Crippen molar-refractivity contribution in [1.29, 1.82) is 0 Å². The highest BCUT2D eigenvalue weighted by molar-refractivity contribution is 5.81.